The lowest BCUT2D eigenvalue weighted by Crippen LogP contribution is -2.54. The minimum atomic E-state index is -0.153. The Labute approximate surface area is 103 Å². The molecule has 3 atom stereocenters. The van der Waals surface area contributed by atoms with E-state index in [-0.39, 0.29) is 11.2 Å². The van der Waals surface area contributed by atoms with Crippen LogP contribution >= 0.6 is 0 Å². The van der Waals surface area contributed by atoms with Gasteiger partial charge in [-0.05, 0) is 48.4 Å². The van der Waals surface area contributed by atoms with Crippen LogP contribution in [-0.4, -0.2) is 13.1 Å². The van der Waals surface area contributed by atoms with Crippen molar-refractivity contribution in [2.24, 2.45) is 11.8 Å². The van der Waals surface area contributed by atoms with Gasteiger partial charge >= 0.3 is 0 Å². The summed E-state index contributed by atoms with van der Waals surface area (Å²) in [5, 5.41) is 3.35. The van der Waals surface area contributed by atoms with Gasteiger partial charge in [-0.2, -0.15) is 0 Å². The van der Waals surface area contributed by atoms with E-state index < -0.39 is 0 Å². The van der Waals surface area contributed by atoms with Gasteiger partial charge in [0.15, 0.2) is 0 Å². The largest absolute Gasteiger partial charge is 0.317 e. The molecule has 1 aliphatic rings. The topological polar surface area (TPSA) is 12.0 Å². The zero-order chi connectivity index (χ0) is 12.6. The fourth-order valence-corrected chi connectivity index (χ4v) is 3.21. The molecule has 0 aromatic heterocycles. The molecule has 0 heterocycles. The molecule has 2 rings (SSSR count). The van der Waals surface area contributed by atoms with Crippen LogP contribution in [0.25, 0.3) is 0 Å². The predicted molar refractivity (Wildman–Crippen MR) is 69.5 cm³/mol. The minimum absolute atomic E-state index is 0.125. The zero-order valence-electron chi connectivity index (χ0n) is 11.1. The van der Waals surface area contributed by atoms with E-state index in [1.54, 1.807) is 12.1 Å². The van der Waals surface area contributed by atoms with Crippen molar-refractivity contribution in [3.63, 3.8) is 0 Å². The van der Waals surface area contributed by atoms with Crippen LogP contribution in [0, 0.1) is 17.7 Å². The van der Waals surface area contributed by atoms with E-state index in [4.69, 9.17) is 0 Å². The summed E-state index contributed by atoms with van der Waals surface area (Å²) < 4.78 is 13.0. The summed E-state index contributed by atoms with van der Waals surface area (Å²) in [5.41, 5.74) is 1.37. The van der Waals surface area contributed by atoms with Crippen LogP contribution in [0.3, 0.4) is 0 Å². The highest BCUT2D eigenvalue weighted by molar-refractivity contribution is 5.27. The quantitative estimate of drug-likeness (QED) is 0.847. The van der Waals surface area contributed by atoms with E-state index in [1.165, 1.54) is 12.0 Å². The van der Waals surface area contributed by atoms with Crippen LogP contribution in [0.2, 0.25) is 0 Å². The maximum Gasteiger partial charge on any atom is 0.123 e. The van der Waals surface area contributed by atoms with Crippen LogP contribution in [0.15, 0.2) is 24.3 Å². The molecule has 0 spiro atoms. The van der Waals surface area contributed by atoms with Crippen molar-refractivity contribution in [1.29, 1.82) is 0 Å². The molecule has 0 aliphatic heterocycles. The molecule has 0 amide bonds. The number of rotatable bonds is 3. The van der Waals surface area contributed by atoms with Crippen molar-refractivity contribution in [2.75, 3.05) is 7.05 Å². The second-order valence-electron chi connectivity index (χ2n) is 5.83. The van der Waals surface area contributed by atoms with Crippen molar-refractivity contribution in [3.8, 4) is 0 Å². The summed E-state index contributed by atoms with van der Waals surface area (Å²) >= 11 is 0. The zero-order valence-corrected chi connectivity index (χ0v) is 11.1. The van der Waals surface area contributed by atoms with Gasteiger partial charge in [-0.25, -0.2) is 4.39 Å². The fraction of sp³-hybridized carbons (Fsp3) is 0.600. The van der Waals surface area contributed by atoms with E-state index in [1.807, 2.05) is 19.2 Å². The number of hydrogen-bond acceptors (Lipinski definition) is 1. The van der Waals surface area contributed by atoms with Crippen molar-refractivity contribution in [1.82, 2.24) is 5.32 Å². The van der Waals surface area contributed by atoms with Gasteiger partial charge in [-0.1, -0.05) is 32.9 Å². The number of halogens is 1. The monoisotopic (exact) mass is 235 g/mol. The van der Waals surface area contributed by atoms with Gasteiger partial charge in [-0.3, -0.25) is 0 Å². The van der Waals surface area contributed by atoms with Crippen LogP contribution in [0.4, 0.5) is 4.39 Å². The first-order valence-corrected chi connectivity index (χ1v) is 6.40. The first-order valence-electron chi connectivity index (χ1n) is 6.40. The lowest BCUT2D eigenvalue weighted by Gasteiger charge is -2.51. The molecule has 1 N–H and O–H groups in total. The first-order chi connectivity index (χ1) is 7.96. The van der Waals surface area contributed by atoms with E-state index in [2.05, 4.69) is 26.1 Å². The highest BCUT2D eigenvalue weighted by Crippen LogP contribution is 2.47. The van der Waals surface area contributed by atoms with Crippen LogP contribution in [-0.2, 0) is 5.41 Å². The Morgan fingerprint density at radius 3 is 2.29 bits per heavy atom. The molecule has 1 saturated carbocycles. The third-order valence-electron chi connectivity index (χ3n) is 4.66. The third kappa shape index (κ3) is 2.11. The maximum absolute atomic E-state index is 13.0. The smallest absolute Gasteiger partial charge is 0.123 e. The average Bonchev–Trinajstić information content (AvgIpc) is 2.28. The number of nitrogens with one attached hydrogen (secondary N) is 1. The number of benzene rings is 1. The molecule has 1 nitrogen and oxygen atoms in total. The molecule has 94 valence electrons. The summed E-state index contributed by atoms with van der Waals surface area (Å²) in [7, 11) is 2.03. The van der Waals surface area contributed by atoms with Crippen molar-refractivity contribution in [3.05, 3.63) is 35.6 Å². The van der Waals surface area contributed by atoms with Gasteiger partial charge in [0.1, 0.15) is 5.82 Å². The Hall–Kier alpha value is -0.890. The highest BCUT2D eigenvalue weighted by Gasteiger charge is 2.45. The maximum atomic E-state index is 13.0. The first kappa shape index (κ1) is 12.6. The van der Waals surface area contributed by atoms with E-state index in [0.29, 0.717) is 17.9 Å². The second-order valence-corrected chi connectivity index (χ2v) is 5.83. The van der Waals surface area contributed by atoms with Crippen molar-refractivity contribution < 1.29 is 4.39 Å². The molecule has 0 radical (unpaired) electrons. The standard InChI is InChI=1S/C15H22FN/c1-10-13(9-14(10)17-4)15(2,3)11-5-7-12(16)8-6-11/h5-8,10,13-14,17H,9H2,1-4H3. The Kier molecular flexibility index (Phi) is 3.26. The molecule has 0 saturated heterocycles. The van der Waals surface area contributed by atoms with Gasteiger partial charge in [0, 0.05) is 6.04 Å². The molecular formula is C15H22FN. The summed E-state index contributed by atoms with van der Waals surface area (Å²) in [5.74, 6) is 1.20. The lowest BCUT2D eigenvalue weighted by atomic mass is 9.56. The molecule has 1 fully saturated rings. The van der Waals surface area contributed by atoms with Crippen molar-refractivity contribution >= 4 is 0 Å². The third-order valence-corrected chi connectivity index (χ3v) is 4.66. The number of hydrogen-bond donors (Lipinski definition) is 1. The molecule has 1 aromatic rings. The van der Waals surface area contributed by atoms with Crippen molar-refractivity contribution in [2.45, 2.75) is 38.6 Å². The van der Waals surface area contributed by atoms with Crippen LogP contribution in [0.1, 0.15) is 32.8 Å². The van der Waals surface area contributed by atoms with E-state index in [0.717, 1.165) is 0 Å². The Balaban J connectivity index is 2.17. The Morgan fingerprint density at radius 2 is 1.82 bits per heavy atom. The van der Waals surface area contributed by atoms with Gasteiger partial charge < -0.3 is 5.32 Å². The van der Waals surface area contributed by atoms with E-state index >= 15 is 0 Å². The Bertz CT molecular complexity index is 382. The predicted octanol–water partition coefficient (Wildman–Crippen LogP) is 3.35. The van der Waals surface area contributed by atoms with Crippen LogP contribution < -0.4 is 5.32 Å². The molecule has 3 unspecified atom stereocenters. The second kappa shape index (κ2) is 4.41. The van der Waals surface area contributed by atoms with E-state index in [9.17, 15) is 4.39 Å². The molecule has 17 heavy (non-hydrogen) atoms. The SMILES string of the molecule is CNC1CC(C(C)(C)c2ccc(F)cc2)C1C. The normalized spacial score (nSPS) is 28.9. The Morgan fingerprint density at radius 1 is 1.24 bits per heavy atom. The highest BCUT2D eigenvalue weighted by atomic mass is 19.1. The molecular weight excluding hydrogens is 213 g/mol. The lowest BCUT2D eigenvalue weighted by molar-refractivity contribution is 0.0629. The minimum Gasteiger partial charge on any atom is -0.317 e. The summed E-state index contributed by atoms with van der Waals surface area (Å²) in [6.07, 6.45) is 1.21. The molecule has 2 heteroatoms. The van der Waals surface area contributed by atoms with Gasteiger partial charge in [-0.15, -0.1) is 0 Å². The van der Waals surface area contributed by atoms with Gasteiger partial charge in [0.05, 0.1) is 0 Å². The molecule has 0 bridgehead atoms. The average molecular weight is 235 g/mol. The fourth-order valence-electron chi connectivity index (χ4n) is 3.21. The van der Waals surface area contributed by atoms with Crippen LogP contribution in [0.5, 0.6) is 0 Å². The summed E-state index contributed by atoms with van der Waals surface area (Å²) in [6, 6.07) is 7.62. The summed E-state index contributed by atoms with van der Waals surface area (Å²) in [4.78, 5) is 0. The van der Waals surface area contributed by atoms with Gasteiger partial charge in [0.2, 0.25) is 0 Å². The summed E-state index contributed by atoms with van der Waals surface area (Å²) in [6.45, 7) is 6.85. The molecule has 1 aliphatic carbocycles. The molecule has 1 aromatic carbocycles. The van der Waals surface area contributed by atoms with Gasteiger partial charge in [0.25, 0.3) is 0 Å².